The molecule has 0 bridgehead atoms. The fourth-order valence-corrected chi connectivity index (χ4v) is 3.45. The molecular weight excluding hydrogens is 416 g/mol. The number of hydrogen-bond acceptors (Lipinski definition) is 6. The molecule has 1 aromatic carbocycles. The van der Waals surface area contributed by atoms with Crippen LogP contribution in [0, 0.1) is 0 Å². The number of oxime groups is 1. The highest BCUT2D eigenvalue weighted by Crippen LogP contribution is 2.31. The average Bonchev–Trinajstić information content (AvgIpc) is 3.01. The van der Waals surface area contributed by atoms with E-state index in [-0.39, 0.29) is 16.9 Å². The van der Waals surface area contributed by atoms with Crippen LogP contribution >= 0.6 is 0 Å². The van der Waals surface area contributed by atoms with E-state index in [1.165, 1.54) is 12.1 Å². The highest BCUT2D eigenvalue weighted by atomic mass is 32.2. The number of aromatic nitrogens is 3. The minimum absolute atomic E-state index is 0.150. The molecule has 0 aliphatic heterocycles. The SMILES string of the molecule is CCON=C(C)c1ccc(NS(C)(=O)=O)c(-c2nc3cc(C(F)F)ccc3n2C)n1. The van der Waals surface area contributed by atoms with Crippen molar-refractivity contribution in [3.05, 3.63) is 41.6 Å². The van der Waals surface area contributed by atoms with Crippen molar-refractivity contribution < 1.29 is 22.0 Å². The van der Waals surface area contributed by atoms with Crippen LogP contribution in [0.25, 0.3) is 22.6 Å². The van der Waals surface area contributed by atoms with Crippen LogP contribution in [0.4, 0.5) is 14.5 Å². The molecule has 0 fully saturated rings. The van der Waals surface area contributed by atoms with Crippen LogP contribution in [0.1, 0.15) is 31.5 Å². The summed E-state index contributed by atoms with van der Waals surface area (Å²) in [4.78, 5) is 14.0. The summed E-state index contributed by atoms with van der Waals surface area (Å²) in [6, 6.07) is 7.33. The van der Waals surface area contributed by atoms with Gasteiger partial charge in [0.1, 0.15) is 18.0 Å². The smallest absolute Gasteiger partial charge is 0.263 e. The Bertz CT molecular complexity index is 1220. The molecule has 0 amide bonds. The zero-order chi connectivity index (χ0) is 22.1. The van der Waals surface area contributed by atoms with Gasteiger partial charge in [0.2, 0.25) is 10.0 Å². The van der Waals surface area contributed by atoms with Gasteiger partial charge in [-0.1, -0.05) is 11.2 Å². The lowest BCUT2D eigenvalue weighted by atomic mass is 10.2. The number of pyridine rings is 1. The Morgan fingerprint density at radius 1 is 1.27 bits per heavy atom. The number of alkyl halides is 2. The van der Waals surface area contributed by atoms with Crippen LogP contribution in [0.5, 0.6) is 0 Å². The van der Waals surface area contributed by atoms with E-state index in [1.807, 2.05) is 0 Å². The van der Waals surface area contributed by atoms with Crippen LogP contribution in [-0.4, -0.2) is 41.5 Å². The maximum absolute atomic E-state index is 13.1. The van der Waals surface area contributed by atoms with Gasteiger partial charge in [-0.2, -0.15) is 0 Å². The van der Waals surface area contributed by atoms with Crippen LogP contribution < -0.4 is 4.72 Å². The van der Waals surface area contributed by atoms with Crippen LogP contribution in [0.15, 0.2) is 35.5 Å². The first kappa shape index (κ1) is 21.6. The number of fused-ring (bicyclic) bond motifs is 1. The molecule has 0 spiro atoms. The van der Waals surface area contributed by atoms with Crippen molar-refractivity contribution in [2.45, 2.75) is 20.3 Å². The summed E-state index contributed by atoms with van der Waals surface area (Å²) in [6.07, 6.45) is -1.60. The van der Waals surface area contributed by atoms with Gasteiger partial charge in [-0.25, -0.2) is 27.2 Å². The van der Waals surface area contributed by atoms with Crippen LogP contribution in [-0.2, 0) is 21.9 Å². The van der Waals surface area contributed by atoms with Crippen molar-refractivity contribution >= 4 is 32.5 Å². The Morgan fingerprint density at radius 2 is 2.00 bits per heavy atom. The summed E-state index contributed by atoms with van der Waals surface area (Å²) >= 11 is 0. The van der Waals surface area contributed by atoms with Crippen molar-refractivity contribution in [3.8, 4) is 11.5 Å². The van der Waals surface area contributed by atoms with Gasteiger partial charge >= 0.3 is 0 Å². The Kier molecular flexibility index (Phi) is 6.01. The first-order valence-electron chi connectivity index (χ1n) is 9.01. The van der Waals surface area contributed by atoms with Crippen molar-refractivity contribution in [2.75, 3.05) is 17.6 Å². The van der Waals surface area contributed by atoms with Gasteiger partial charge in [-0.15, -0.1) is 0 Å². The molecule has 11 heteroatoms. The lowest BCUT2D eigenvalue weighted by Crippen LogP contribution is -2.13. The van der Waals surface area contributed by atoms with Gasteiger partial charge in [-0.05, 0) is 38.1 Å². The molecule has 1 N–H and O–H groups in total. The number of imidazole rings is 1. The molecule has 0 saturated carbocycles. The summed E-state index contributed by atoms with van der Waals surface area (Å²) in [5.41, 5.74) is 2.19. The highest BCUT2D eigenvalue weighted by molar-refractivity contribution is 7.92. The van der Waals surface area contributed by atoms with Crippen molar-refractivity contribution in [1.82, 2.24) is 14.5 Å². The lowest BCUT2D eigenvalue weighted by Gasteiger charge is -2.12. The number of benzene rings is 1. The van der Waals surface area contributed by atoms with Gasteiger partial charge in [0.05, 0.1) is 28.7 Å². The van der Waals surface area contributed by atoms with E-state index in [0.717, 1.165) is 6.26 Å². The Labute approximate surface area is 172 Å². The minimum atomic E-state index is -3.60. The van der Waals surface area contributed by atoms with E-state index < -0.39 is 16.4 Å². The van der Waals surface area contributed by atoms with E-state index in [1.54, 1.807) is 43.7 Å². The normalized spacial score (nSPS) is 12.6. The second kappa shape index (κ2) is 8.34. The van der Waals surface area contributed by atoms with E-state index in [2.05, 4.69) is 19.8 Å². The Hall–Kier alpha value is -3.08. The molecule has 2 aromatic heterocycles. The summed E-state index contributed by atoms with van der Waals surface area (Å²) in [5, 5.41) is 3.95. The fraction of sp³-hybridized carbons (Fsp3) is 0.316. The molecule has 3 rings (SSSR count). The van der Waals surface area contributed by atoms with Gasteiger partial charge < -0.3 is 9.40 Å². The molecule has 0 unspecified atom stereocenters. The number of sulfonamides is 1. The standard InChI is InChI=1S/C19H21F2N5O3S/c1-5-29-24-11(2)13-7-8-14(25-30(4,27)28)17(22-13)19-23-15-10-12(18(20)21)6-9-16(15)26(19)3/h6-10,18,25H,5H2,1-4H3. The Morgan fingerprint density at radius 3 is 2.63 bits per heavy atom. The van der Waals surface area contributed by atoms with Crippen molar-refractivity contribution in [3.63, 3.8) is 0 Å². The van der Waals surface area contributed by atoms with Crippen LogP contribution in [0.2, 0.25) is 0 Å². The minimum Gasteiger partial charge on any atom is -0.396 e. The number of halogens is 2. The molecule has 0 saturated heterocycles. The number of nitrogens with zero attached hydrogens (tertiary/aromatic N) is 4. The second-order valence-electron chi connectivity index (χ2n) is 6.60. The van der Waals surface area contributed by atoms with E-state index in [0.29, 0.717) is 34.9 Å². The molecular formula is C19H21F2N5O3S. The lowest BCUT2D eigenvalue weighted by molar-refractivity contribution is 0.151. The zero-order valence-electron chi connectivity index (χ0n) is 16.8. The largest absolute Gasteiger partial charge is 0.396 e. The molecule has 30 heavy (non-hydrogen) atoms. The molecule has 160 valence electrons. The predicted molar refractivity (Wildman–Crippen MR) is 111 cm³/mol. The molecule has 2 heterocycles. The maximum atomic E-state index is 13.1. The van der Waals surface area contributed by atoms with E-state index in [4.69, 9.17) is 4.84 Å². The maximum Gasteiger partial charge on any atom is 0.263 e. The fourth-order valence-electron chi connectivity index (χ4n) is 2.89. The third-order valence-electron chi connectivity index (χ3n) is 4.26. The first-order valence-corrected chi connectivity index (χ1v) is 10.9. The molecule has 8 nitrogen and oxygen atoms in total. The quantitative estimate of drug-likeness (QED) is 0.449. The van der Waals surface area contributed by atoms with E-state index in [9.17, 15) is 17.2 Å². The summed E-state index contributed by atoms with van der Waals surface area (Å²) in [6.45, 7) is 3.88. The van der Waals surface area contributed by atoms with Crippen molar-refractivity contribution in [1.29, 1.82) is 0 Å². The van der Waals surface area contributed by atoms with Gasteiger partial charge in [0.15, 0.2) is 5.82 Å². The van der Waals surface area contributed by atoms with Crippen LogP contribution in [0.3, 0.4) is 0 Å². The number of hydrogen-bond donors (Lipinski definition) is 1. The number of anilines is 1. The molecule has 0 radical (unpaired) electrons. The van der Waals surface area contributed by atoms with Gasteiger partial charge in [-0.3, -0.25) is 4.72 Å². The topological polar surface area (TPSA) is 98.5 Å². The average molecular weight is 437 g/mol. The third-order valence-corrected chi connectivity index (χ3v) is 4.85. The number of nitrogens with one attached hydrogen (secondary N) is 1. The Balaban J connectivity index is 2.22. The summed E-state index contributed by atoms with van der Waals surface area (Å²) in [7, 11) is -1.90. The van der Waals surface area contributed by atoms with E-state index >= 15 is 0 Å². The monoisotopic (exact) mass is 437 g/mol. The third kappa shape index (κ3) is 4.56. The predicted octanol–water partition coefficient (Wildman–Crippen LogP) is 3.70. The molecule has 3 aromatic rings. The summed E-state index contributed by atoms with van der Waals surface area (Å²) < 4.78 is 53.9. The summed E-state index contributed by atoms with van der Waals surface area (Å²) in [5.74, 6) is 0.314. The molecule has 0 aliphatic carbocycles. The van der Waals surface area contributed by atoms with Gasteiger partial charge in [0, 0.05) is 12.6 Å². The molecule has 0 atom stereocenters. The number of rotatable bonds is 7. The molecule has 0 aliphatic rings. The first-order chi connectivity index (χ1) is 14.1. The van der Waals surface area contributed by atoms with Crippen molar-refractivity contribution in [2.24, 2.45) is 12.2 Å². The zero-order valence-corrected chi connectivity index (χ0v) is 17.7. The second-order valence-corrected chi connectivity index (χ2v) is 8.35. The highest BCUT2D eigenvalue weighted by Gasteiger charge is 2.20. The van der Waals surface area contributed by atoms with Gasteiger partial charge in [0.25, 0.3) is 6.43 Å². The number of aryl methyl sites for hydroxylation is 1.